The van der Waals surface area contributed by atoms with Gasteiger partial charge in [-0.1, -0.05) is 12.8 Å². The molecule has 76 valence electrons. The van der Waals surface area contributed by atoms with Crippen LogP contribution in [-0.2, 0) is 5.41 Å². The highest BCUT2D eigenvalue weighted by Crippen LogP contribution is 2.43. The molecule has 0 spiro atoms. The lowest BCUT2D eigenvalue weighted by molar-refractivity contribution is 0.411. The van der Waals surface area contributed by atoms with Gasteiger partial charge >= 0.3 is 0 Å². The zero-order valence-corrected chi connectivity index (χ0v) is 8.58. The van der Waals surface area contributed by atoms with Crippen LogP contribution in [0.2, 0.25) is 0 Å². The van der Waals surface area contributed by atoms with Crippen LogP contribution >= 0.6 is 0 Å². The summed E-state index contributed by atoms with van der Waals surface area (Å²) in [6, 6.07) is 4.31. The Labute approximate surface area is 85.5 Å². The molecule has 0 saturated heterocycles. The predicted molar refractivity (Wildman–Crippen MR) is 58.1 cm³/mol. The van der Waals surface area contributed by atoms with Crippen LogP contribution in [0.3, 0.4) is 0 Å². The number of hydrogen-bond acceptors (Lipinski definition) is 2. The third-order valence-electron chi connectivity index (χ3n) is 3.48. The molecule has 0 unspecified atom stereocenters. The first-order valence-corrected chi connectivity index (χ1v) is 5.48. The first-order chi connectivity index (χ1) is 6.87. The zero-order chi connectivity index (χ0) is 9.86. The van der Waals surface area contributed by atoms with Gasteiger partial charge in [0, 0.05) is 12.4 Å². The normalized spacial score (nSPS) is 19.8. The summed E-state index contributed by atoms with van der Waals surface area (Å²) in [5, 5.41) is 0. The molecule has 2 nitrogen and oxygen atoms in total. The fourth-order valence-corrected chi connectivity index (χ4v) is 2.72. The van der Waals surface area contributed by atoms with Crippen LogP contribution in [-0.4, -0.2) is 11.5 Å². The molecule has 1 saturated carbocycles. The van der Waals surface area contributed by atoms with Crippen molar-refractivity contribution in [3.8, 4) is 0 Å². The molecule has 2 heteroatoms. The molecule has 1 aromatic rings. The molecule has 0 atom stereocenters. The van der Waals surface area contributed by atoms with Crippen molar-refractivity contribution in [1.29, 1.82) is 0 Å². The van der Waals surface area contributed by atoms with Gasteiger partial charge in [-0.05, 0) is 48.9 Å². The quantitative estimate of drug-likeness (QED) is 0.794. The van der Waals surface area contributed by atoms with Crippen LogP contribution < -0.4 is 5.73 Å². The minimum Gasteiger partial charge on any atom is -0.330 e. The van der Waals surface area contributed by atoms with Crippen molar-refractivity contribution in [2.45, 2.75) is 37.5 Å². The summed E-state index contributed by atoms with van der Waals surface area (Å²) in [6.07, 6.45) is 10.2. The molecular formula is C12H18N2. The van der Waals surface area contributed by atoms with Crippen molar-refractivity contribution < 1.29 is 0 Å². The highest BCUT2D eigenvalue weighted by Gasteiger charge is 2.34. The summed E-state index contributed by atoms with van der Waals surface area (Å²) < 4.78 is 0. The Kier molecular flexibility index (Phi) is 2.82. The van der Waals surface area contributed by atoms with Gasteiger partial charge in [0.15, 0.2) is 0 Å². The maximum absolute atomic E-state index is 5.72. The highest BCUT2D eigenvalue weighted by atomic mass is 14.6. The van der Waals surface area contributed by atoms with Crippen LogP contribution in [0.5, 0.6) is 0 Å². The molecule has 2 N–H and O–H groups in total. The first-order valence-electron chi connectivity index (χ1n) is 5.48. The van der Waals surface area contributed by atoms with Gasteiger partial charge in [0.1, 0.15) is 0 Å². The molecule has 1 aliphatic rings. The SMILES string of the molecule is NCCC1(c2ccncc2)CCCC1. The Morgan fingerprint density at radius 1 is 1.21 bits per heavy atom. The summed E-state index contributed by atoms with van der Waals surface area (Å²) in [6.45, 7) is 0.794. The minimum absolute atomic E-state index is 0.373. The first kappa shape index (κ1) is 9.66. The van der Waals surface area contributed by atoms with Crippen molar-refractivity contribution in [2.75, 3.05) is 6.54 Å². The van der Waals surface area contributed by atoms with E-state index in [9.17, 15) is 0 Å². The van der Waals surface area contributed by atoms with E-state index in [-0.39, 0.29) is 0 Å². The van der Waals surface area contributed by atoms with E-state index in [4.69, 9.17) is 5.73 Å². The van der Waals surface area contributed by atoms with Crippen LogP contribution in [0.25, 0.3) is 0 Å². The minimum atomic E-state index is 0.373. The number of hydrogen-bond donors (Lipinski definition) is 1. The molecule has 1 aromatic heterocycles. The Balaban J connectivity index is 2.27. The van der Waals surface area contributed by atoms with E-state index in [1.807, 2.05) is 12.4 Å². The second-order valence-corrected chi connectivity index (χ2v) is 4.26. The van der Waals surface area contributed by atoms with Gasteiger partial charge < -0.3 is 5.73 Å². The maximum Gasteiger partial charge on any atom is 0.0270 e. The third-order valence-corrected chi connectivity index (χ3v) is 3.48. The summed E-state index contributed by atoms with van der Waals surface area (Å²) in [7, 11) is 0. The fourth-order valence-electron chi connectivity index (χ4n) is 2.72. The predicted octanol–water partition coefficient (Wildman–Crippen LogP) is 2.24. The van der Waals surface area contributed by atoms with Crippen LogP contribution in [0.4, 0.5) is 0 Å². The van der Waals surface area contributed by atoms with Crippen molar-refractivity contribution in [3.63, 3.8) is 0 Å². The van der Waals surface area contributed by atoms with E-state index in [2.05, 4.69) is 17.1 Å². The number of rotatable bonds is 3. The van der Waals surface area contributed by atoms with E-state index < -0.39 is 0 Å². The molecule has 1 heterocycles. The summed E-state index contributed by atoms with van der Waals surface area (Å²) in [4.78, 5) is 4.08. The van der Waals surface area contributed by atoms with Gasteiger partial charge in [0.2, 0.25) is 0 Å². The second kappa shape index (κ2) is 4.09. The van der Waals surface area contributed by atoms with Crippen LogP contribution in [0.15, 0.2) is 24.5 Å². The molecule has 0 aromatic carbocycles. The van der Waals surface area contributed by atoms with E-state index >= 15 is 0 Å². The second-order valence-electron chi connectivity index (χ2n) is 4.26. The van der Waals surface area contributed by atoms with Gasteiger partial charge in [-0.3, -0.25) is 4.98 Å². The van der Waals surface area contributed by atoms with Crippen LogP contribution in [0, 0.1) is 0 Å². The highest BCUT2D eigenvalue weighted by molar-refractivity contribution is 5.24. The van der Waals surface area contributed by atoms with Gasteiger partial charge in [0.25, 0.3) is 0 Å². The van der Waals surface area contributed by atoms with E-state index in [0.717, 1.165) is 13.0 Å². The van der Waals surface area contributed by atoms with Gasteiger partial charge in [-0.25, -0.2) is 0 Å². The monoisotopic (exact) mass is 190 g/mol. The van der Waals surface area contributed by atoms with Crippen LogP contribution in [0.1, 0.15) is 37.7 Å². The molecule has 2 rings (SSSR count). The Morgan fingerprint density at radius 3 is 2.43 bits per heavy atom. The number of nitrogens with two attached hydrogens (primary N) is 1. The molecule has 0 radical (unpaired) electrons. The average molecular weight is 190 g/mol. The third kappa shape index (κ3) is 1.67. The number of aromatic nitrogens is 1. The van der Waals surface area contributed by atoms with Crippen molar-refractivity contribution in [2.24, 2.45) is 5.73 Å². The number of nitrogens with zero attached hydrogens (tertiary/aromatic N) is 1. The molecule has 1 fully saturated rings. The Hall–Kier alpha value is -0.890. The standard InChI is InChI=1S/C12H18N2/c13-8-7-12(5-1-2-6-12)11-3-9-14-10-4-11/h3-4,9-10H,1-2,5-8,13H2. The van der Waals surface area contributed by atoms with Crippen molar-refractivity contribution in [1.82, 2.24) is 4.98 Å². The molecular weight excluding hydrogens is 172 g/mol. The maximum atomic E-state index is 5.72. The van der Waals surface area contributed by atoms with Crippen molar-refractivity contribution >= 4 is 0 Å². The summed E-state index contributed by atoms with van der Waals surface area (Å²) in [5.74, 6) is 0. The van der Waals surface area contributed by atoms with Gasteiger partial charge in [0.05, 0.1) is 0 Å². The zero-order valence-electron chi connectivity index (χ0n) is 8.58. The summed E-state index contributed by atoms with van der Waals surface area (Å²) >= 11 is 0. The molecule has 0 amide bonds. The average Bonchev–Trinajstić information content (AvgIpc) is 2.70. The van der Waals surface area contributed by atoms with E-state index in [1.54, 1.807) is 0 Å². The molecule has 0 bridgehead atoms. The molecule has 1 aliphatic carbocycles. The van der Waals surface area contributed by atoms with Gasteiger partial charge in [-0.15, -0.1) is 0 Å². The smallest absolute Gasteiger partial charge is 0.0270 e. The number of pyridine rings is 1. The fraction of sp³-hybridized carbons (Fsp3) is 0.583. The lowest BCUT2D eigenvalue weighted by atomic mass is 9.76. The molecule has 14 heavy (non-hydrogen) atoms. The van der Waals surface area contributed by atoms with E-state index in [1.165, 1.54) is 31.2 Å². The topological polar surface area (TPSA) is 38.9 Å². The lowest BCUT2D eigenvalue weighted by Crippen LogP contribution is -2.25. The van der Waals surface area contributed by atoms with E-state index in [0.29, 0.717) is 5.41 Å². The van der Waals surface area contributed by atoms with Crippen molar-refractivity contribution in [3.05, 3.63) is 30.1 Å². The Morgan fingerprint density at radius 2 is 1.86 bits per heavy atom. The Bertz CT molecular complexity index is 276. The lowest BCUT2D eigenvalue weighted by Gasteiger charge is -2.28. The molecule has 0 aliphatic heterocycles. The largest absolute Gasteiger partial charge is 0.330 e. The van der Waals surface area contributed by atoms with Gasteiger partial charge in [-0.2, -0.15) is 0 Å². The summed E-state index contributed by atoms with van der Waals surface area (Å²) in [5.41, 5.74) is 7.53.